The first kappa shape index (κ1) is 10.9. The number of halogens is 1. The van der Waals surface area contributed by atoms with Crippen LogP contribution in [0, 0.1) is 0 Å². The maximum Gasteiger partial charge on any atom is 0.222 e. The number of allylic oxidation sites excluding steroid dienone is 1. The third-order valence-electron chi connectivity index (χ3n) is 1.07. The van der Waals surface area contributed by atoms with Crippen LogP contribution in [-0.2, 0) is 9.36 Å². The van der Waals surface area contributed by atoms with Crippen molar-refractivity contribution in [2.24, 2.45) is 0 Å². The molecule has 0 aliphatic heterocycles. The minimum Gasteiger partial charge on any atom is -0.344 e. The maximum absolute atomic E-state index is 11.0. The highest BCUT2D eigenvalue weighted by atomic mass is 35.5. The zero-order valence-corrected chi connectivity index (χ0v) is 7.65. The van der Waals surface area contributed by atoms with E-state index in [9.17, 15) is 9.36 Å². The second-order valence-electron chi connectivity index (χ2n) is 2.15. The average Bonchev–Trinajstić information content (AvgIpc) is 1.84. The van der Waals surface area contributed by atoms with Crippen molar-refractivity contribution in [2.45, 2.75) is 6.42 Å². The Morgan fingerprint density at radius 3 is 2.64 bits per heavy atom. The summed E-state index contributed by atoms with van der Waals surface area (Å²) in [7, 11) is -3.17. The van der Waals surface area contributed by atoms with Crippen molar-refractivity contribution in [3.05, 3.63) is 12.7 Å². The van der Waals surface area contributed by atoms with Gasteiger partial charge in [-0.05, 0) is 11.6 Å². The first-order valence-corrected chi connectivity index (χ1v) is 5.49. The van der Waals surface area contributed by atoms with Crippen LogP contribution in [0.25, 0.3) is 0 Å². The minimum absolute atomic E-state index is 0.0389. The Morgan fingerprint density at radius 2 is 2.27 bits per heavy atom. The van der Waals surface area contributed by atoms with E-state index in [0.717, 1.165) is 0 Å². The summed E-state index contributed by atoms with van der Waals surface area (Å²) in [6, 6.07) is 0. The lowest BCUT2D eigenvalue weighted by atomic mass is 10.5. The van der Waals surface area contributed by atoms with E-state index >= 15 is 0 Å². The molecule has 0 saturated heterocycles. The lowest BCUT2D eigenvalue weighted by Crippen LogP contribution is -1.96. The Bertz CT molecular complexity index is 202. The van der Waals surface area contributed by atoms with Crippen LogP contribution in [0.3, 0.4) is 0 Å². The Balaban J connectivity index is 3.82. The Morgan fingerprint density at radius 1 is 1.73 bits per heavy atom. The normalized spacial score (nSPS) is 15.5. The number of carbonyl (C=O) groups excluding carboxylic acids is 1. The van der Waals surface area contributed by atoms with E-state index in [4.69, 9.17) is 16.5 Å². The Kier molecular flexibility index (Phi) is 4.66. The molecule has 0 saturated carbocycles. The highest BCUT2D eigenvalue weighted by Gasteiger charge is 2.16. The number of carbonyl (C=O) groups is 1. The fourth-order valence-electron chi connectivity index (χ4n) is 0.556. The quantitative estimate of drug-likeness (QED) is 0.413. The molecule has 1 unspecified atom stereocenters. The molecule has 0 rings (SSSR count). The topological polar surface area (TPSA) is 54.4 Å². The molecule has 0 heterocycles. The molecule has 3 nitrogen and oxygen atoms in total. The van der Waals surface area contributed by atoms with E-state index in [-0.39, 0.29) is 18.7 Å². The molecule has 0 aliphatic carbocycles. The zero-order valence-electron chi connectivity index (χ0n) is 5.99. The summed E-state index contributed by atoms with van der Waals surface area (Å²) in [6.07, 6.45) is 1.29. The minimum atomic E-state index is -3.17. The lowest BCUT2D eigenvalue weighted by Gasteiger charge is -2.05. The van der Waals surface area contributed by atoms with Gasteiger partial charge >= 0.3 is 0 Å². The van der Waals surface area contributed by atoms with Crippen LogP contribution in [0.15, 0.2) is 12.7 Å². The van der Waals surface area contributed by atoms with Gasteiger partial charge in [0.15, 0.2) is 0 Å². The van der Waals surface area contributed by atoms with Crippen LogP contribution >= 0.6 is 19.0 Å². The molecule has 64 valence electrons. The summed E-state index contributed by atoms with van der Waals surface area (Å²) in [5.41, 5.74) is 0. The van der Waals surface area contributed by atoms with Gasteiger partial charge in [0.2, 0.25) is 12.6 Å². The van der Waals surface area contributed by atoms with Crippen LogP contribution < -0.4 is 0 Å². The standard InChI is InChI=1S/C6H10ClO3P/c1-2-4-11(9,10)5-3-6(7)8/h2H,1,3-5H2,(H,9,10). The molecule has 0 bridgehead atoms. The smallest absolute Gasteiger partial charge is 0.222 e. The number of hydrogen-bond donors (Lipinski definition) is 1. The van der Waals surface area contributed by atoms with E-state index in [1.54, 1.807) is 0 Å². The van der Waals surface area contributed by atoms with Crippen LogP contribution in [0.4, 0.5) is 0 Å². The highest BCUT2D eigenvalue weighted by molar-refractivity contribution is 7.58. The lowest BCUT2D eigenvalue weighted by molar-refractivity contribution is -0.111. The molecular weight excluding hydrogens is 186 g/mol. The van der Waals surface area contributed by atoms with Gasteiger partial charge in [0.25, 0.3) is 0 Å². The molecule has 0 aromatic carbocycles. The third kappa shape index (κ3) is 6.29. The van der Waals surface area contributed by atoms with Gasteiger partial charge in [0.05, 0.1) is 0 Å². The van der Waals surface area contributed by atoms with Crippen molar-refractivity contribution in [3.63, 3.8) is 0 Å². The van der Waals surface area contributed by atoms with E-state index in [1.807, 2.05) is 0 Å². The monoisotopic (exact) mass is 196 g/mol. The molecule has 5 heteroatoms. The van der Waals surface area contributed by atoms with Crippen LogP contribution in [0.2, 0.25) is 0 Å². The molecule has 1 atom stereocenters. The van der Waals surface area contributed by atoms with Crippen molar-refractivity contribution in [3.8, 4) is 0 Å². The molecule has 0 aromatic rings. The summed E-state index contributed by atoms with van der Waals surface area (Å²) in [4.78, 5) is 19.2. The summed E-state index contributed by atoms with van der Waals surface area (Å²) >= 11 is 4.99. The fraction of sp³-hybridized carbons (Fsp3) is 0.500. The van der Waals surface area contributed by atoms with Crippen molar-refractivity contribution in [1.29, 1.82) is 0 Å². The van der Waals surface area contributed by atoms with Crippen molar-refractivity contribution < 1.29 is 14.3 Å². The Labute approximate surface area is 70.5 Å². The summed E-state index contributed by atoms with van der Waals surface area (Å²) in [5.74, 6) is 0. The van der Waals surface area contributed by atoms with Gasteiger partial charge in [-0.15, -0.1) is 6.58 Å². The molecule has 11 heavy (non-hydrogen) atoms. The van der Waals surface area contributed by atoms with Gasteiger partial charge in [-0.2, -0.15) is 0 Å². The molecule has 0 aromatic heterocycles. The summed E-state index contributed by atoms with van der Waals surface area (Å²) in [5, 5.41) is -0.580. The Hall–Kier alpha value is -0.110. The predicted molar refractivity (Wildman–Crippen MR) is 45.2 cm³/mol. The predicted octanol–water partition coefficient (Wildman–Crippen LogP) is 1.60. The number of rotatable bonds is 5. The van der Waals surface area contributed by atoms with Gasteiger partial charge in [0.1, 0.15) is 0 Å². The first-order chi connectivity index (χ1) is 4.98. The van der Waals surface area contributed by atoms with Crippen LogP contribution in [0.1, 0.15) is 6.42 Å². The van der Waals surface area contributed by atoms with E-state index in [2.05, 4.69) is 6.58 Å². The molecule has 0 fully saturated rings. The van der Waals surface area contributed by atoms with Crippen molar-refractivity contribution in [2.75, 3.05) is 12.3 Å². The van der Waals surface area contributed by atoms with E-state index in [1.165, 1.54) is 6.08 Å². The second kappa shape index (κ2) is 4.70. The van der Waals surface area contributed by atoms with Gasteiger partial charge < -0.3 is 4.89 Å². The van der Waals surface area contributed by atoms with Crippen molar-refractivity contribution >= 4 is 24.2 Å². The van der Waals surface area contributed by atoms with Gasteiger partial charge in [0, 0.05) is 18.7 Å². The molecule has 1 N–H and O–H groups in total. The average molecular weight is 197 g/mol. The van der Waals surface area contributed by atoms with E-state index in [0.29, 0.717) is 0 Å². The molecule has 0 aliphatic rings. The fourth-order valence-corrected chi connectivity index (χ4v) is 1.92. The van der Waals surface area contributed by atoms with Crippen LogP contribution in [0.5, 0.6) is 0 Å². The number of hydrogen-bond acceptors (Lipinski definition) is 2. The van der Waals surface area contributed by atoms with Crippen molar-refractivity contribution in [1.82, 2.24) is 0 Å². The molecule has 0 radical (unpaired) electrons. The third-order valence-corrected chi connectivity index (χ3v) is 3.01. The van der Waals surface area contributed by atoms with Crippen LogP contribution in [-0.4, -0.2) is 22.5 Å². The largest absolute Gasteiger partial charge is 0.344 e. The summed E-state index contributed by atoms with van der Waals surface area (Å²) < 4.78 is 11.0. The first-order valence-electron chi connectivity index (χ1n) is 3.08. The van der Waals surface area contributed by atoms with Gasteiger partial charge in [-0.3, -0.25) is 9.36 Å². The molecule has 0 amide bonds. The van der Waals surface area contributed by atoms with Gasteiger partial charge in [-0.25, -0.2) is 0 Å². The second-order valence-corrected chi connectivity index (χ2v) is 5.07. The van der Waals surface area contributed by atoms with E-state index < -0.39 is 12.6 Å². The van der Waals surface area contributed by atoms with Gasteiger partial charge in [-0.1, -0.05) is 6.08 Å². The maximum atomic E-state index is 11.0. The summed E-state index contributed by atoms with van der Waals surface area (Å²) in [6.45, 7) is 3.32. The molecular formula is C6H10ClO3P. The highest BCUT2D eigenvalue weighted by Crippen LogP contribution is 2.40. The molecule has 0 spiro atoms. The zero-order chi connectivity index (χ0) is 8.91. The SMILES string of the molecule is C=CCP(=O)(O)CCC(=O)Cl.